The van der Waals surface area contributed by atoms with Gasteiger partial charge in [-0.3, -0.25) is 4.99 Å². The highest BCUT2D eigenvalue weighted by molar-refractivity contribution is 7.09. The molecule has 1 aromatic heterocycles. The second kappa shape index (κ2) is 8.47. The highest BCUT2D eigenvalue weighted by Crippen LogP contribution is 2.17. The number of aliphatic imine (C=N–C) groups is 1. The monoisotopic (exact) mass is 301 g/mol. The summed E-state index contributed by atoms with van der Waals surface area (Å²) in [5.41, 5.74) is 1.38. The van der Waals surface area contributed by atoms with Gasteiger partial charge in [0.1, 0.15) is 0 Å². The molecule has 2 rings (SSSR count). The fraction of sp³-hybridized carbons (Fsp3) is 0.353. The molecule has 0 fully saturated rings. The molecule has 1 heterocycles. The third kappa shape index (κ3) is 4.90. The second-order valence-corrected chi connectivity index (χ2v) is 5.93. The Morgan fingerprint density at radius 1 is 1.14 bits per heavy atom. The zero-order valence-electron chi connectivity index (χ0n) is 12.7. The van der Waals surface area contributed by atoms with E-state index in [0.717, 1.165) is 25.5 Å². The fourth-order valence-corrected chi connectivity index (χ4v) is 2.89. The number of benzene rings is 1. The van der Waals surface area contributed by atoms with Crippen LogP contribution in [0.25, 0.3) is 0 Å². The van der Waals surface area contributed by atoms with E-state index in [9.17, 15) is 0 Å². The van der Waals surface area contributed by atoms with E-state index in [-0.39, 0.29) is 0 Å². The van der Waals surface area contributed by atoms with Gasteiger partial charge in [-0.05, 0) is 23.4 Å². The van der Waals surface area contributed by atoms with Crippen LogP contribution in [0.5, 0.6) is 0 Å². The maximum Gasteiger partial charge on any atom is 0.191 e. The largest absolute Gasteiger partial charge is 0.356 e. The molecule has 0 radical (unpaired) electrons. The van der Waals surface area contributed by atoms with Crippen molar-refractivity contribution in [1.82, 2.24) is 10.6 Å². The summed E-state index contributed by atoms with van der Waals surface area (Å²) >= 11 is 1.76. The molecule has 0 spiro atoms. The third-order valence-corrected chi connectivity index (χ3v) is 4.39. The predicted octanol–water partition coefficient (Wildman–Crippen LogP) is 3.61. The normalized spacial score (nSPS) is 13.0. The predicted molar refractivity (Wildman–Crippen MR) is 92.0 cm³/mol. The van der Waals surface area contributed by atoms with E-state index in [1.807, 2.05) is 7.05 Å². The zero-order chi connectivity index (χ0) is 14.9. The second-order valence-electron chi connectivity index (χ2n) is 4.90. The molecule has 0 saturated heterocycles. The molecule has 112 valence electrons. The van der Waals surface area contributed by atoms with Crippen LogP contribution < -0.4 is 10.6 Å². The molecule has 4 heteroatoms. The maximum atomic E-state index is 4.29. The highest BCUT2D eigenvalue weighted by Gasteiger charge is 2.09. The Bertz CT molecular complexity index is 534. The van der Waals surface area contributed by atoms with Gasteiger partial charge in [-0.15, -0.1) is 11.3 Å². The highest BCUT2D eigenvalue weighted by atomic mass is 32.1. The van der Waals surface area contributed by atoms with E-state index in [4.69, 9.17) is 0 Å². The molecule has 0 saturated carbocycles. The van der Waals surface area contributed by atoms with E-state index >= 15 is 0 Å². The minimum atomic E-state index is 0.506. The lowest BCUT2D eigenvalue weighted by atomic mass is 9.97. The van der Waals surface area contributed by atoms with Gasteiger partial charge in [0.05, 0.1) is 6.54 Å². The summed E-state index contributed by atoms with van der Waals surface area (Å²) in [7, 11) is 1.81. The summed E-state index contributed by atoms with van der Waals surface area (Å²) in [6.45, 7) is 3.94. The van der Waals surface area contributed by atoms with E-state index in [2.05, 4.69) is 70.4 Å². The molecular formula is C17H23N3S. The Morgan fingerprint density at radius 3 is 2.57 bits per heavy atom. The molecule has 0 aliphatic carbocycles. The van der Waals surface area contributed by atoms with Crippen molar-refractivity contribution in [2.24, 2.45) is 4.99 Å². The standard InChI is InChI=1S/C17H23N3S/c1-3-14(15-8-5-4-6-9-15)12-19-17(18-2)20-13-16-10-7-11-21-16/h4-11,14H,3,12-13H2,1-2H3,(H2,18,19,20). The summed E-state index contributed by atoms with van der Waals surface area (Å²) in [4.78, 5) is 5.60. The molecule has 0 bridgehead atoms. The van der Waals surface area contributed by atoms with Gasteiger partial charge in [-0.2, -0.15) is 0 Å². The van der Waals surface area contributed by atoms with Crippen LogP contribution in [-0.4, -0.2) is 19.6 Å². The third-order valence-electron chi connectivity index (χ3n) is 3.51. The number of thiophene rings is 1. The quantitative estimate of drug-likeness (QED) is 0.632. The van der Waals surface area contributed by atoms with Gasteiger partial charge in [0.25, 0.3) is 0 Å². The van der Waals surface area contributed by atoms with Crippen LogP contribution in [-0.2, 0) is 6.54 Å². The molecule has 0 aliphatic rings. The van der Waals surface area contributed by atoms with Crippen LogP contribution in [0.4, 0.5) is 0 Å². The summed E-state index contributed by atoms with van der Waals surface area (Å²) in [5.74, 6) is 1.37. The van der Waals surface area contributed by atoms with Gasteiger partial charge >= 0.3 is 0 Å². The number of nitrogens with zero attached hydrogens (tertiary/aromatic N) is 1. The molecule has 0 aliphatic heterocycles. The topological polar surface area (TPSA) is 36.4 Å². The van der Waals surface area contributed by atoms with E-state index < -0.39 is 0 Å². The Labute approximate surface area is 131 Å². The summed E-state index contributed by atoms with van der Waals surface area (Å²) in [6, 6.07) is 14.8. The van der Waals surface area contributed by atoms with Crippen molar-refractivity contribution in [2.45, 2.75) is 25.8 Å². The summed E-state index contributed by atoms with van der Waals surface area (Å²) < 4.78 is 0. The molecule has 1 unspecified atom stereocenters. The first-order chi connectivity index (χ1) is 10.3. The van der Waals surface area contributed by atoms with Gasteiger partial charge in [0.2, 0.25) is 0 Å². The molecule has 2 N–H and O–H groups in total. The number of nitrogens with one attached hydrogen (secondary N) is 2. The first-order valence-corrected chi connectivity index (χ1v) is 8.23. The number of guanidine groups is 1. The maximum absolute atomic E-state index is 4.29. The molecular weight excluding hydrogens is 278 g/mol. The first kappa shape index (κ1) is 15.6. The average Bonchev–Trinajstić information content (AvgIpc) is 3.05. The van der Waals surface area contributed by atoms with Gasteiger partial charge in [0.15, 0.2) is 5.96 Å². The van der Waals surface area contributed by atoms with Gasteiger partial charge in [0, 0.05) is 24.4 Å². The van der Waals surface area contributed by atoms with Crippen LogP contribution in [0.1, 0.15) is 29.7 Å². The zero-order valence-corrected chi connectivity index (χ0v) is 13.5. The fourth-order valence-electron chi connectivity index (χ4n) is 2.25. The Balaban J connectivity index is 1.84. The van der Waals surface area contributed by atoms with Crippen LogP contribution in [0.15, 0.2) is 52.8 Å². The molecule has 0 amide bonds. The average molecular weight is 301 g/mol. The summed E-state index contributed by atoms with van der Waals surface area (Å²) in [5, 5.41) is 8.87. The van der Waals surface area contributed by atoms with E-state index in [0.29, 0.717) is 5.92 Å². The minimum absolute atomic E-state index is 0.506. The number of hydrogen-bond acceptors (Lipinski definition) is 2. The summed E-state index contributed by atoms with van der Waals surface area (Å²) in [6.07, 6.45) is 1.11. The van der Waals surface area contributed by atoms with Crippen molar-refractivity contribution < 1.29 is 0 Å². The van der Waals surface area contributed by atoms with Crippen molar-refractivity contribution in [3.05, 3.63) is 58.3 Å². The molecule has 3 nitrogen and oxygen atoms in total. The van der Waals surface area contributed by atoms with Crippen LogP contribution in [0.3, 0.4) is 0 Å². The minimum Gasteiger partial charge on any atom is -0.356 e. The molecule has 1 atom stereocenters. The van der Waals surface area contributed by atoms with Gasteiger partial charge < -0.3 is 10.6 Å². The van der Waals surface area contributed by atoms with E-state index in [1.165, 1.54) is 10.4 Å². The van der Waals surface area contributed by atoms with Crippen LogP contribution >= 0.6 is 11.3 Å². The molecule has 2 aromatic rings. The van der Waals surface area contributed by atoms with Crippen LogP contribution in [0.2, 0.25) is 0 Å². The first-order valence-electron chi connectivity index (χ1n) is 7.35. The Morgan fingerprint density at radius 2 is 1.95 bits per heavy atom. The van der Waals surface area contributed by atoms with Crippen molar-refractivity contribution in [2.75, 3.05) is 13.6 Å². The SMILES string of the molecule is CCC(CNC(=NC)NCc1cccs1)c1ccccc1. The van der Waals surface area contributed by atoms with Crippen LogP contribution in [0, 0.1) is 0 Å². The van der Waals surface area contributed by atoms with Crippen molar-refractivity contribution in [3.63, 3.8) is 0 Å². The lowest BCUT2D eigenvalue weighted by Crippen LogP contribution is -2.38. The van der Waals surface area contributed by atoms with Crippen molar-refractivity contribution in [3.8, 4) is 0 Å². The van der Waals surface area contributed by atoms with Crippen molar-refractivity contribution in [1.29, 1.82) is 0 Å². The Hall–Kier alpha value is -1.81. The molecule has 1 aromatic carbocycles. The van der Waals surface area contributed by atoms with E-state index in [1.54, 1.807) is 11.3 Å². The lowest BCUT2D eigenvalue weighted by Gasteiger charge is -2.18. The molecule has 21 heavy (non-hydrogen) atoms. The number of rotatable bonds is 6. The lowest BCUT2D eigenvalue weighted by molar-refractivity contribution is 0.630. The Kier molecular flexibility index (Phi) is 6.28. The number of hydrogen-bond donors (Lipinski definition) is 2. The van der Waals surface area contributed by atoms with Gasteiger partial charge in [-0.1, -0.05) is 43.3 Å². The van der Waals surface area contributed by atoms with Crippen molar-refractivity contribution >= 4 is 17.3 Å². The smallest absolute Gasteiger partial charge is 0.191 e. The van der Waals surface area contributed by atoms with Gasteiger partial charge in [-0.25, -0.2) is 0 Å².